The number of esters is 1. The number of non-ortho nitro benzene ring substituents is 1. The molecule has 0 N–H and O–H groups in total. The topological polar surface area (TPSA) is 152 Å². The van der Waals surface area contributed by atoms with Crippen molar-refractivity contribution in [2.45, 2.75) is 63.2 Å². The zero-order valence-electron chi connectivity index (χ0n) is 23.1. The van der Waals surface area contributed by atoms with Gasteiger partial charge in [0.1, 0.15) is 25.4 Å². The number of nitro benzene ring substituents is 1. The van der Waals surface area contributed by atoms with E-state index in [-0.39, 0.29) is 24.7 Å². The molecule has 1 aliphatic carbocycles. The van der Waals surface area contributed by atoms with Crippen molar-refractivity contribution >= 4 is 41.1 Å². The second kappa shape index (κ2) is 13.8. The minimum Gasteiger partial charge on any atom is -0.458 e. The second-order valence-electron chi connectivity index (χ2n) is 10.1. The van der Waals surface area contributed by atoms with Crippen molar-refractivity contribution in [2.75, 3.05) is 7.11 Å². The summed E-state index contributed by atoms with van der Waals surface area (Å²) < 4.78 is 21.2. The number of alkyl halides is 1. The average molecular weight is 603 g/mol. The van der Waals surface area contributed by atoms with Gasteiger partial charge in [-0.05, 0) is 49.4 Å². The summed E-state index contributed by atoms with van der Waals surface area (Å²) in [7, 11) is 1.43. The van der Waals surface area contributed by atoms with Crippen LogP contribution >= 0.6 is 11.6 Å². The number of nitrogens with zero attached hydrogens (tertiary/aromatic N) is 2. The second-order valence-corrected chi connectivity index (χ2v) is 10.6. The van der Waals surface area contributed by atoms with E-state index in [2.05, 4.69) is 0 Å². The van der Waals surface area contributed by atoms with Crippen LogP contribution in [-0.4, -0.2) is 64.5 Å². The predicted octanol–water partition coefficient (Wildman–Crippen LogP) is 4.16. The molecule has 1 amide bonds. The predicted molar refractivity (Wildman–Crippen MR) is 147 cm³/mol. The molecule has 0 aromatic heterocycles. The van der Waals surface area contributed by atoms with Crippen LogP contribution in [0.5, 0.6) is 0 Å². The zero-order valence-corrected chi connectivity index (χ0v) is 23.8. The van der Waals surface area contributed by atoms with E-state index in [1.54, 1.807) is 24.3 Å². The molecule has 0 radical (unpaired) electrons. The number of carbonyl (C=O) groups is 4. The first-order valence-corrected chi connectivity index (χ1v) is 13.9. The molecule has 1 saturated heterocycles. The number of halogens is 1. The number of ether oxygens (including phenoxy) is 4. The van der Waals surface area contributed by atoms with Gasteiger partial charge in [-0.3, -0.25) is 19.7 Å². The molecule has 4 rings (SSSR count). The van der Waals surface area contributed by atoms with Crippen LogP contribution in [0.4, 0.5) is 10.5 Å². The first-order chi connectivity index (χ1) is 20.1. The molecule has 1 unspecified atom stereocenters. The molecular formula is C29H31ClN2O10. The Balaban J connectivity index is 1.44. The molecule has 42 heavy (non-hydrogen) atoms. The van der Waals surface area contributed by atoms with Gasteiger partial charge in [0.15, 0.2) is 5.78 Å². The summed E-state index contributed by atoms with van der Waals surface area (Å²) in [5.74, 6) is -3.30. The Labute approximate surface area is 246 Å². The summed E-state index contributed by atoms with van der Waals surface area (Å²) in [5.41, 5.74) is -0.381. The van der Waals surface area contributed by atoms with Crippen molar-refractivity contribution in [3.05, 3.63) is 75.8 Å². The number of ketones is 1. The molecule has 2 fully saturated rings. The summed E-state index contributed by atoms with van der Waals surface area (Å²) in [6.07, 6.45) is -1.14. The Hall–Kier alpha value is -4.03. The molecule has 2 aliphatic rings. The number of rotatable bonds is 11. The maximum atomic E-state index is 13.4. The van der Waals surface area contributed by atoms with Crippen molar-refractivity contribution in [1.29, 1.82) is 0 Å². The number of hydrogen-bond acceptors (Lipinski definition) is 10. The number of likely N-dealkylation sites (tertiary alicyclic amines) is 1. The van der Waals surface area contributed by atoms with Gasteiger partial charge in [-0.25, -0.2) is 9.59 Å². The Bertz CT molecular complexity index is 1310. The number of β-lactam (4-membered cyclic amide) rings is 1. The smallest absolute Gasteiger partial charge is 0.458 e. The minimum absolute atomic E-state index is 0.0484. The SMILES string of the molecule is CO[C@@H]1CCC[C@H]([C@@H]2[C@@H]([C@@H](C)OC(=O)OCc3ccc([N+](=O)[O-])cc3)C(=O)N2C(Cl)C(=O)OCc2ccccc2)C1=O. The molecule has 13 heteroatoms. The lowest BCUT2D eigenvalue weighted by molar-refractivity contribution is -0.384. The van der Waals surface area contributed by atoms with Gasteiger partial charge >= 0.3 is 12.1 Å². The lowest BCUT2D eigenvalue weighted by Crippen LogP contribution is -2.71. The van der Waals surface area contributed by atoms with Gasteiger partial charge in [0.2, 0.25) is 11.4 Å². The molecule has 1 heterocycles. The molecule has 0 spiro atoms. The van der Waals surface area contributed by atoms with Crippen molar-refractivity contribution < 1.29 is 43.0 Å². The Morgan fingerprint density at radius 2 is 1.67 bits per heavy atom. The fraction of sp³-hybridized carbons (Fsp3) is 0.448. The number of amides is 1. The van der Waals surface area contributed by atoms with Crippen LogP contribution in [0.2, 0.25) is 0 Å². The van der Waals surface area contributed by atoms with E-state index >= 15 is 0 Å². The van der Waals surface area contributed by atoms with Gasteiger partial charge in [0.05, 0.1) is 16.9 Å². The number of benzene rings is 2. The van der Waals surface area contributed by atoms with E-state index in [0.717, 1.165) is 10.5 Å². The largest absolute Gasteiger partial charge is 0.508 e. The van der Waals surface area contributed by atoms with Crippen LogP contribution < -0.4 is 0 Å². The normalized spacial score (nSPS) is 23.4. The quantitative estimate of drug-likeness (QED) is 0.0915. The van der Waals surface area contributed by atoms with Gasteiger partial charge in [0.25, 0.3) is 5.69 Å². The molecule has 1 saturated carbocycles. The van der Waals surface area contributed by atoms with Crippen LogP contribution in [0.15, 0.2) is 54.6 Å². The molecule has 2 aromatic carbocycles. The van der Waals surface area contributed by atoms with E-state index in [0.29, 0.717) is 24.8 Å². The fourth-order valence-corrected chi connectivity index (χ4v) is 5.68. The number of Topliss-reactive ketones (excluding diaryl/α,β-unsaturated/α-hetero) is 1. The molecule has 6 atom stereocenters. The summed E-state index contributed by atoms with van der Waals surface area (Å²) in [5, 5.41) is 10.8. The maximum Gasteiger partial charge on any atom is 0.508 e. The van der Waals surface area contributed by atoms with Gasteiger partial charge in [-0.1, -0.05) is 41.9 Å². The number of hydrogen-bond donors (Lipinski definition) is 0. The first kappa shape index (κ1) is 30.9. The Morgan fingerprint density at radius 3 is 2.31 bits per heavy atom. The third-order valence-electron chi connectivity index (χ3n) is 7.54. The number of methoxy groups -OCH3 is 1. The summed E-state index contributed by atoms with van der Waals surface area (Å²) in [6.45, 7) is 1.23. The fourth-order valence-electron chi connectivity index (χ4n) is 5.39. The van der Waals surface area contributed by atoms with Crippen molar-refractivity contribution in [1.82, 2.24) is 4.90 Å². The third kappa shape index (κ3) is 6.88. The summed E-state index contributed by atoms with van der Waals surface area (Å²) >= 11 is 6.46. The first-order valence-electron chi connectivity index (χ1n) is 13.4. The lowest BCUT2D eigenvalue weighted by Gasteiger charge is -2.53. The van der Waals surface area contributed by atoms with Crippen LogP contribution in [-0.2, 0) is 46.5 Å². The van der Waals surface area contributed by atoms with Gasteiger partial charge in [-0.2, -0.15) is 0 Å². The molecule has 2 aromatic rings. The van der Waals surface area contributed by atoms with Crippen LogP contribution in [0.3, 0.4) is 0 Å². The monoisotopic (exact) mass is 602 g/mol. The van der Waals surface area contributed by atoms with E-state index in [9.17, 15) is 29.3 Å². The van der Waals surface area contributed by atoms with Gasteiger partial charge in [0, 0.05) is 25.2 Å². The van der Waals surface area contributed by atoms with E-state index in [1.807, 2.05) is 6.07 Å². The molecule has 224 valence electrons. The summed E-state index contributed by atoms with van der Waals surface area (Å²) in [6, 6.07) is 13.6. The van der Waals surface area contributed by atoms with Crippen LogP contribution in [0.25, 0.3) is 0 Å². The number of carbonyl (C=O) groups excluding carboxylic acids is 4. The van der Waals surface area contributed by atoms with Crippen LogP contribution in [0.1, 0.15) is 37.3 Å². The van der Waals surface area contributed by atoms with E-state index in [4.69, 9.17) is 30.5 Å². The third-order valence-corrected chi connectivity index (χ3v) is 7.93. The highest BCUT2D eigenvalue weighted by atomic mass is 35.5. The van der Waals surface area contributed by atoms with Gasteiger partial charge < -0.3 is 23.8 Å². The molecule has 0 bridgehead atoms. The Morgan fingerprint density at radius 1 is 1.02 bits per heavy atom. The van der Waals surface area contributed by atoms with E-state index in [1.165, 1.54) is 38.3 Å². The molecular weight excluding hydrogens is 572 g/mol. The number of nitro groups is 1. The van der Waals surface area contributed by atoms with E-state index < -0.39 is 58.5 Å². The van der Waals surface area contributed by atoms with Crippen molar-refractivity contribution in [3.8, 4) is 0 Å². The van der Waals surface area contributed by atoms with Crippen LogP contribution in [0, 0.1) is 22.0 Å². The molecule has 12 nitrogen and oxygen atoms in total. The standard InChI is InChI=1S/C29H31ClN2O10/c1-17(42-29(36)41-16-19-11-13-20(14-12-19)32(37)38)23-24(21-9-6-10-22(39-2)25(21)33)31(27(23)34)26(30)28(35)40-15-18-7-4-3-5-8-18/h3-5,7-8,11-14,17,21-24,26H,6,9-10,15-16H2,1-2H3/t17-,21-,22-,23-,24-,26?/m1/s1. The minimum atomic E-state index is -1.50. The summed E-state index contributed by atoms with van der Waals surface area (Å²) in [4.78, 5) is 63.4. The molecule has 1 aliphatic heterocycles. The highest BCUT2D eigenvalue weighted by Crippen LogP contribution is 2.43. The maximum absolute atomic E-state index is 13.4. The highest BCUT2D eigenvalue weighted by molar-refractivity contribution is 6.31. The highest BCUT2D eigenvalue weighted by Gasteiger charge is 2.60. The van der Waals surface area contributed by atoms with Crippen molar-refractivity contribution in [2.24, 2.45) is 11.8 Å². The van der Waals surface area contributed by atoms with Gasteiger partial charge in [-0.15, -0.1) is 0 Å². The average Bonchev–Trinajstić information content (AvgIpc) is 2.98. The lowest BCUT2D eigenvalue weighted by atomic mass is 9.69. The Kier molecular flexibility index (Phi) is 10.1. The zero-order chi connectivity index (χ0) is 30.4. The van der Waals surface area contributed by atoms with Crippen molar-refractivity contribution in [3.63, 3.8) is 0 Å².